The van der Waals surface area contributed by atoms with Gasteiger partial charge in [-0.3, -0.25) is 0 Å². The van der Waals surface area contributed by atoms with Crippen LogP contribution >= 0.6 is 0 Å². The highest BCUT2D eigenvalue weighted by Gasteiger charge is 1.99. The summed E-state index contributed by atoms with van der Waals surface area (Å²) < 4.78 is 13.0. The van der Waals surface area contributed by atoms with Crippen molar-refractivity contribution in [1.82, 2.24) is 5.32 Å². The summed E-state index contributed by atoms with van der Waals surface area (Å²) in [6, 6.07) is 6.20. The zero-order valence-electron chi connectivity index (χ0n) is 9.39. The molecule has 86 valence electrons. The van der Waals surface area contributed by atoms with E-state index in [9.17, 15) is 4.39 Å². The van der Waals surface area contributed by atoms with Gasteiger partial charge in [0.15, 0.2) is 0 Å². The van der Waals surface area contributed by atoms with Crippen LogP contribution in [-0.4, -0.2) is 19.6 Å². The molecule has 1 aromatic rings. The van der Waals surface area contributed by atoms with Crippen LogP contribution in [0.3, 0.4) is 0 Å². The van der Waals surface area contributed by atoms with Crippen molar-refractivity contribution in [3.63, 3.8) is 0 Å². The summed E-state index contributed by atoms with van der Waals surface area (Å²) in [6.07, 6.45) is 0.965. The summed E-state index contributed by atoms with van der Waals surface area (Å²) in [5.41, 5.74) is 1.00. The second-order valence-corrected chi connectivity index (χ2v) is 3.47. The molecule has 0 atom stereocenters. The molecule has 0 unspecified atom stereocenters. The highest BCUT2D eigenvalue weighted by atomic mass is 19.1. The predicted molar refractivity (Wildman–Crippen MR) is 62.8 cm³/mol. The second-order valence-electron chi connectivity index (χ2n) is 3.47. The fourth-order valence-corrected chi connectivity index (χ4v) is 1.38. The lowest BCUT2D eigenvalue weighted by atomic mass is 10.2. The highest BCUT2D eigenvalue weighted by Crippen LogP contribution is 2.13. The summed E-state index contributed by atoms with van der Waals surface area (Å²) in [5, 5.41) is 15.0. The molecular formula is C12H16FN3. The van der Waals surface area contributed by atoms with E-state index >= 15 is 0 Å². The Hall–Kier alpha value is -1.60. The first-order valence-electron chi connectivity index (χ1n) is 5.41. The van der Waals surface area contributed by atoms with Crippen LogP contribution in [0.15, 0.2) is 18.2 Å². The molecule has 0 aliphatic carbocycles. The van der Waals surface area contributed by atoms with Gasteiger partial charge in [-0.15, -0.1) is 0 Å². The number of nitriles is 1. The van der Waals surface area contributed by atoms with Crippen molar-refractivity contribution >= 4 is 5.69 Å². The van der Waals surface area contributed by atoms with Gasteiger partial charge in [-0.2, -0.15) is 5.26 Å². The van der Waals surface area contributed by atoms with Gasteiger partial charge in [0.1, 0.15) is 5.82 Å². The average molecular weight is 221 g/mol. The summed E-state index contributed by atoms with van der Waals surface area (Å²) in [6.45, 7) is 4.71. The van der Waals surface area contributed by atoms with Gasteiger partial charge in [0.2, 0.25) is 0 Å². The Morgan fingerprint density at radius 1 is 1.31 bits per heavy atom. The van der Waals surface area contributed by atoms with Gasteiger partial charge in [0, 0.05) is 12.2 Å². The van der Waals surface area contributed by atoms with Crippen LogP contribution < -0.4 is 10.6 Å². The number of hydrogen-bond acceptors (Lipinski definition) is 3. The molecule has 16 heavy (non-hydrogen) atoms. The normalized spacial score (nSPS) is 9.81. The molecule has 0 aliphatic rings. The highest BCUT2D eigenvalue weighted by molar-refractivity contribution is 5.49. The Morgan fingerprint density at radius 3 is 2.81 bits per heavy atom. The molecule has 0 heterocycles. The van der Waals surface area contributed by atoms with E-state index in [1.165, 1.54) is 12.1 Å². The van der Waals surface area contributed by atoms with Crippen molar-refractivity contribution in [3.05, 3.63) is 29.6 Å². The molecular weight excluding hydrogens is 205 g/mol. The van der Waals surface area contributed by atoms with Crippen molar-refractivity contribution < 1.29 is 4.39 Å². The molecule has 1 aromatic carbocycles. The number of halogens is 1. The monoisotopic (exact) mass is 221 g/mol. The molecule has 0 radical (unpaired) electrons. The standard InChI is InChI=1S/C12H16FN3/c1-2-15-4-3-5-16-12-7-10(9-14)6-11(13)8-12/h6-8,15-16H,2-5H2,1H3. The third kappa shape index (κ3) is 4.28. The van der Waals surface area contributed by atoms with E-state index in [4.69, 9.17) is 5.26 Å². The van der Waals surface area contributed by atoms with E-state index < -0.39 is 0 Å². The lowest BCUT2D eigenvalue weighted by Crippen LogP contribution is -2.17. The minimum absolute atomic E-state index is 0.342. The van der Waals surface area contributed by atoms with Crippen LogP contribution in [0.1, 0.15) is 18.9 Å². The lowest BCUT2D eigenvalue weighted by Gasteiger charge is -2.07. The van der Waals surface area contributed by atoms with Gasteiger partial charge < -0.3 is 10.6 Å². The topological polar surface area (TPSA) is 47.8 Å². The first-order chi connectivity index (χ1) is 7.76. The molecule has 0 aromatic heterocycles. The van der Waals surface area contributed by atoms with Gasteiger partial charge in [0.05, 0.1) is 11.6 Å². The van der Waals surface area contributed by atoms with Crippen LogP contribution in [0.25, 0.3) is 0 Å². The molecule has 0 aliphatic heterocycles. The zero-order chi connectivity index (χ0) is 11.8. The Morgan fingerprint density at radius 2 is 2.12 bits per heavy atom. The predicted octanol–water partition coefficient (Wildman–Crippen LogP) is 2.11. The smallest absolute Gasteiger partial charge is 0.126 e. The molecule has 0 bridgehead atoms. The van der Waals surface area contributed by atoms with Crippen LogP contribution in [0.4, 0.5) is 10.1 Å². The van der Waals surface area contributed by atoms with Crippen molar-refractivity contribution in [2.45, 2.75) is 13.3 Å². The van der Waals surface area contributed by atoms with E-state index in [1.807, 2.05) is 6.07 Å². The molecule has 0 amide bonds. The maximum atomic E-state index is 13.0. The fourth-order valence-electron chi connectivity index (χ4n) is 1.38. The van der Waals surface area contributed by atoms with E-state index in [2.05, 4.69) is 17.6 Å². The van der Waals surface area contributed by atoms with E-state index in [1.54, 1.807) is 6.07 Å². The van der Waals surface area contributed by atoms with Crippen molar-refractivity contribution in [2.75, 3.05) is 25.0 Å². The maximum Gasteiger partial charge on any atom is 0.126 e. The molecule has 1 rings (SSSR count). The number of hydrogen-bond donors (Lipinski definition) is 2. The van der Waals surface area contributed by atoms with Crippen LogP contribution in [0, 0.1) is 17.1 Å². The van der Waals surface area contributed by atoms with Gasteiger partial charge in [-0.05, 0) is 37.7 Å². The Kier molecular flexibility index (Phi) is 5.30. The summed E-state index contributed by atoms with van der Waals surface area (Å²) in [7, 11) is 0. The number of rotatable bonds is 6. The van der Waals surface area contributed by atoms with Gasteiger partial charge >= 0.3 is 0 Å². The quantitative estimate of drug-likeness (QED) is 0.723. The van der Waals surface area contributed by atoms with E-state index in [0.29, 0.717) is 11.3 Å². The van der Waals surface area contributed by atoms with Crippen LogP contribution in [0.2, 0.25) is 0 Å². The molecule has 0 fully saturated rings. The van der Waals surface area contributed by atoms with Crippen molar-refractivity contribution in [2.24, 2.45) is 0 Å². The van der Waals surface area contributed by atoms with E-state index in [0.717, 1.165) is 26.1 Å². The number of anilines is 1. The minimum Gasteiger partial charge on any atom is -0.385 e. The molecule has 3 nitrogen and oxygen atoms in total. The second kappa shape index (κ2) is 6.81. The van der Waals surface area contributed by atoms with Crippen LogP contribution in [0.5, 0.6) is 0 Å². The first-order valence-corrected chi connectivity index (χ1v) is 5.41. The molecule has 4 heteroatoms. The summed E-state index contributed by atoms with van der Waals surface area (Å²) in [4.78, 5) is 0. The Balaban J connectivity index is 2.42. The largest absolute Gasteiger partial charge is 0.385 e. The number of nitrogens with zero attached hydrogens (tertiary/aromatic N) is 1. The Labute approximate surface area is 95.3 Å². The molecule has 2 N–H and O–H groups in total. The molecule has 0 saturated carbocycles. The van der Waals surface area contributed by atoms with Crippen molar-refractivity contribution in [3.8, 4) is 6.07 Å². The summed E-state index contributed by atoms with van der Waals surface area (Å²) in [5.74, 6) is -0.381. The van der Waals surface area contributed by atoms with Crippen molar-refractivity contribution in [1.29, 1.82) is 5.26 Å². The average Bonchev–Trinajstić information content (AvgIpc) is 2.28. The minimum atomic E-state index is -0.381. The van der Waals surface area contributed by atoms with Gasteiger partial charge in [-0.25, -0.2) is 4.39 Å². The Bertz CT molecular complexity index is 371. The molecule has 0 spiro atoms. The third-order valence-electron chi connectivity index (χ3n) is 2.14. The number of benzene rings is 1. The SMILES string of the molecule is CCNCCCNc1cc(F)cc(C#N)c1. The summed E-state index contributed by atoms with van der Waals surface area (Å²) >= 11 is 0. The first kappa shape index (κ1) is 12.5. The number of nitrogens with one attached hydrogen (secondary N) is 2. The van der Waals surface area contributed by atoms with Gasteiger partial charge in [-0.1, -0.05) is 6.92 Å². The van der Waals surface area contributed by atoms with Gasteiger partial charge in [0.25, 0.3) is 0 Å². The maximum absolute atomic E-state index is 13.0. The van der Waals surface area contributed by atoms with E-state index in [-0.39, 0.29) is 5.82 Å². The van der Waals surface area contributed by atoms with Crippen LogP contribution in [-0.2, 0) is 0 Å². The third-order valence-corrected chi connectivity index (χ3v) is 2.14. The molecule has 0 saturated heterocycles. The zero-order valence-corrected chi connectivity index (χ0v) is 9.39. The lowest BCUT2D eigenvalue weighted by molar-refractivity contribution is 0.627. The fraction of sp³-hybridized carbons (Fsp3) is 0.417.